The van der Waals surface area contributed by atoms with E-state index in [9.17, 15) is 0 Å². The quantitative estimate of drug-likeness (QED) is 0.692. The predicted molar refractivity (Wildman–Crippen MR) is 46.6 cm³/mol. The molecule has 3 heteroatoms. The Morgan fingerprint density at radius 2 is 2.27 bits per heavy atom. The zero-order valence-corrected chi connectivity index (χ0v) is 7.06. The second kappa shape index (κ2) is 3.60. The van der Waals surface area contributed by atoms with Crippen LogP contribution in [0.1, 0.15) is 5.56 Å². The summed E-state index contributed by atoms with van der Waals surface area (Å²) >= 11 is 5.84. The first-order chi connectivity index (χ1) is 5.24. The zero-order chi connectivity index (χ0) is 8.27. The van der Waals surface area contributed by atoms with Gasteiger partial charge in [-0.3, -0.25) is 0 Å². The van der Waals surface area contributed by atoms with Crippen LogP contribution in [0.3, 0.4) is 0 Å². The van der Waals surface area contributed by atoms with Crippen molar-refractivity contribution in [3.05, 3.63) is 28.8 Å². The number of rotatable bonds is 2. The Morgan fingerprint density at radius 3 is 2.91 bits per heavy atom. The van der Waals surface area contributed by atoms with E-state index in [1.807, 2.05) is 6.07 Å². The van der Waals surface area contributed by atoms with Crippen LogP contribution in [-0.2, 0) is 11.3 Å². The number of nitrogens with two attached hydrogens (primary N) is 1. The van der Waals surface area contributed by atoms with Gasteiger partial charge in [-0.25, -0.2) is 0 Å². The van der Waals surface area contributed by atoms with E-state index in [1.165, 1.54) is 0 Å². The Balaban J connectivity index is 2.93. The van der Waals surface area contributed by atoms with Gasteiger partial charge in [0.15, 0.2) is 0 Å². The minimum absolute atomic E-state index is 0.504. The van der Waals surface area contributed by atoms with Crippen molar-refractivity contribution in [3.8, 4) is 0 Å². The zero-order valence-electron chi connectivity index (χ0n) is 6.30. The van der Waals surface area contributed by atoms with Crippen molar-refractivity contribution in [3.63, 3.8) is 0 Å². The minimum atomic E-state index is 0.504. The molecule has 1 aromatic rings. The van der Waals surface area contributed by atoms with Gasteiger partial charge in [-0.1, -0.05) is 11.6 Å². The molecule has 1 rings (SSSR count). The Morgan fingerprint density at radius 1 is 1.55 bits per heavy atom. The number of methoxy groups -OCH3 is 1. The van der Waals surface area contributed by atoms with Crippen molar-refractivity contribution >= 4 is 17.3 Å². The van der Waals surface area contributed by atoms with Gasteiger partial charge in [0.2, 0.25) is 0 Å². The van der Waals surface area contributed by atoms with Crippen molar-refractivity contribution in [2.45, 2.75) is 6.61 Å². The summed E-state index contributed by atoms with van der Waals surface area (Å²) in [7, 11) is 1.62. The van der Waals surface area contributed by atoms with Gasteiger partial charge < -0.3 is 10.5 Å². The van der Waals surface area contributed by atoms with Crippen LogP contribution in [0.5, 0.6) is 0 Å². The van der Waals surface area contributed by atoms with Gasteiger partial charge in [-0.05, 0) is 23.8 Å². The number of benzene rings is 1. The van der Waals surface area contributed by atoms with E-state index in [4.69, 9.17) is 22.1 Å². The molecule has 0 unspecified atom stereocenters. The first kappa shape index (κ1) is 8.37. The van der Waals surface area contributed by atoms with Crippen molar-refractivity contribution in [2.24, 2.45) is 0 Å². The fourth-order valence-electron chi connectivity index (χ4n) is 0.861. The predicted octanol–water partition coefficient (Wildman–Crippen LogP) is 2.07. The van der Waals surface area contributed by atoms with Crippen LogP contribution >= 0.6 is 11.6 Å². The second-order valence-electron chi connectivity index (χ2n) is 2.28. The highest BCUT2D eigenvalue weighted by molar-refractivity contribution is 6.31. The number of hydrogen-bond acceptors (Lipinski definition) is 2. The molecule has 11 heavy (non-hydrogen) atoms. The lowest BCUT2D eigenvalue weighted by molar-refractivity contribution is 0.185. The fourth-order valence-corrected chi connectivity index (χ4v) is 1.03. The minimum Gasteiger partial charge on any atom is -0.399 e. The highest BCUT2D eigenvalue weighted by Gasteiger charge is 1.98. The molecule has 0 aliphatic heterocycles. The van der Waals surface area contributed by atoms with E-state index >= 15 is 0 Å². The third kappa shape index (κ3) is 2.10. The van der Waals surface area contributed by atoms with Crippen molar-refractivity contribution < 1.29 is 4.74 Å². The number of anilines is 1. The van der Waals surface area contributed by atoms with Crippen LogP contribution < -0.4 is 5.73 Å². The van der Waals surface area contributed by atoms with Gasteiger partial charge in [0, 0.05) is 17.8 Å². The van der Waals surface area contributed by atoms with Crippen LogP contribution in [0.15, 0.2) is 18.2 Å². The Hall–Kier alpha value is -0.730. The SMILES string of the molecule is COCc1cc(N)ccc1Cl. The summed E-state index contributed by atoms with van der Waals surface area (Å²) in [5.41, 5.74) is 7.18. The molecule has 0 aliphatic carbocycles. The highest BCUT2D eigenvalue weighted by atomic mass is 35.5. The van der Waals surface area contributed by atoms with E-state index in [1.54, 1.807) is 19.2 Å². The largest absolute Gasteiger partial charge is 0.399 e. The van der Waals surface area contributed by atoms with Crippen LogP contribution in [0.25, 0.3) is 0 Å². The molecule has 0 saturated heterocycles. The van der Waals surface area contributed by atoms with Gasteiger partial charge in [-0.15, -0.1) is 0 Å². The van der Waals surface area contributed by atoms with Gasteiger partial charge in [0.25, 0.3) is 0 Å². The first-order valence-corrected chi connectivity index (χ1v) is 3.64. The fraction of sp³-hybridized carbons (Fsp3) is 0.250. The van der Waals surface area contributed by atoms with E-state index in [0.29, 0.717) is 17.3 Å². The van der Waals surface area contributed by atoms with E-state index in [2.05, 4.69) is 0 Å². The topological polar surface area (TPSA) is 35.2 Å². The van der Waals surface area contributed by atoms with E-state index in [-0.39, 0.29) is 0 Å². The lowest BCUT2D eigenvalue weighted by Crippen LogP contribution is -1.91. The number of hydrogen-bond donors (Lipinski definition) is 1. The normalized spacial score (nSPS) is 10.0. The molecule has 0 amide bonds. The number of nitrogen functional groups attached to an aromatic ring is 1. The highest BCUT2D eigenvalue weighted by Crippen LogP contribution is 2.19. The van der Waals surface area contributed by atoms with Gasteiger partial charge in [0.1, 0.15) is 0 Å². The molecule has 0 aromatic heterocycles. The van der Waals surface area contributed by atoms with Crippen LogP contribution in [0.4, 0.5) is 5.69 Å². The molecule has 60 valence electrons. The second-order valence-corrected chi connectivity index (χ2v) is 2.69. The molecule has 2 nitrogen and oxygen atoms in total. The van der Waals surface area contributed by atoms with E-state index in [0.717, 1.165) is 5.56 Å². The standard InChI is InChI=1S/C8H10ClNO/c1-11-5-6-4-7(10)2-3-8(6)9/h2-4H,5,10H2,1H3. The monoisotopic (exact) mass is 171 g/mol. The summed E-state index contributed by atoms with van der Waals surface area (Å²) in [6.45, 7) is 0.504. The molecule has 0 atom stereocenters. The molecular formula is C8H10ClNO. The number of halogens is 1. The van der Waals surface area contributed by atoms with Gasteiger partial charge in [0.05, 0.1) is 6.61 Å². The lowest BCUT2D eigenvalue weighted by Gasteiger charge is -2.02. The molecule has 2 N–H and O–H groups in total. The first-order valence-electron chi connectivity index (χ1n) is 3.27. The third-order valence-corrected chi connectivity index (χ3v) is 1.74. The van der Waals surface area contributed by atoms with Crippen molar-refractivity contribution in [1.29, 1.82) is 0 Å². The maximum Gasteiger partial charge on any atom is 0.0728 e. The summed E-state index contributed by atoms with van der Waals surface area (Å²) < 4.78 is 4.92. The summed E-state index contributed by atoms with van der Waals surface area (Å²) in [5, 5.41) is 0.695. The summed E-state index contributed by atoms with van der Waals surface area (Å²) in [6, 6.07) is 5.35. The lowest BCUT2D eigenvalue weighted by atomic mass is 10.2. The van der Waals surface area contributed by atoms with Crippen molar-refractivity contribution in [1.82, 2.24) is 0 Å². The molecule has 0 saturated carbocycles. The number of ether oxygens (including phenoxy) is 1. The van der Waals surface area contributed by atoms with Crippen LogP contribution in [-0.4, -0.2) is 7.11 Å². The molecule has 0 aliphatic rings. The Kier molecular flexibility index (Phi) is 2.74. The van der Waals surface area contributed by atoms with Crippen LogP contribution in [0.2, 0.25) is 5.02 Å². The van der Waals surface area contributed by atoms with Crippen LogP contribution in [0, 0.1) is 0 Å². The average molecular weight is 172 g/mol. The smallest absolute Gasteiger partial charge is 0.0728 e. The Bertz CT molecular complexity index is 250. The summed E-state index contributed by atoms with van der Waals surface area (Å²) in [6.07, 6.45) is 0. The van der Waals surface area contributed by atoms with Gasteiger partial charge in [-0.2, -0.15) is 0 Å². The average Bonchev–Trinajstić information content (AvgIpc) is 1.98. The molecule has 0 fully saturated rings. The Labute approximate surface area is 70.9 Å². The molecule has 0 heterocycles. The summed E-state index contributed by atoms with van der Waals surface area (Å²) in [5.74, 6) is 0. The van der Waals surface area contributed by atoms with Gasteiger partial charge >= 0.3 is 0 Å². The molecular weight excluding hydrogens is 162 g/mol. The van der Waals surface area contributed by atoms with Crippen molar-refractivity contribution in [2.75, 3.05) is 12.8 Å². The molecule has 0 spiro atoms. The molecule has 0 radical (unpaired) electrons. The third-order valence-electron chi connectivity index (χ3n) is 1.37. The summed E-state index contributed by atoms with van der Waals surface area (Å²) in [4.78, 5) is 0. The molecule has 1 aromatic carbocycles. The molecule has 0 bridgehead atoms. The maximum absolute atomic E-state index is 5.84. The van der Waals surface area contributed by atoms with E-state index < -0.39 is 0 Å². The maximum atomic E-state index is 5.84.